The van der Waals surface area contributed by atoms with Gasteiger partial charge in [0.05, 0.1) is 13.7 Å². The van der Waals surface area contributed by atoms with Crippen molar-refractivity contribution in [3.05, 3.63) is 59.2 Å². The summed E-state index contributed by atoms with van der Waals surface area (Å²) in [5.74, 6) is 1.93. The predicted octanol–water partition coefficient (Wildman–Crippen LogP) is 3.89. The molecule has 3 nitrogen and oxygen atoms in total. The van der Waals surface area contributed by atoms with E-state index in [1.807, 2.05) is 12.1 Å². The Labute approximate surface area is 126 Å². The lowest BCUT2D eigenvalue weighted by Crippen LogP contribution is -2.00. The van der Waals surface area contributed by atoms with Crippen molar-refractivity contribution in [2.45, 2.75) is 33.0 Å². The van der Waals surface area contributed by atoms with Crippen molar-refractivity contribution in [3.63, 3.8) is 0 Å². The Morgan fingerprint density at radius 3 is 2.33 bits per heavy atom. The standard InChI is InChI=1S/C18H22O3/c1-13(2)15-6-4-14(5-7-15)12-21-18-9-8-17(20-3)10-16(18)11-19/h4-10,13,19H,11-12H2,1-3H3. The van der Waals surface area contributed by atoms with Gasteiger partial charge in [0, 0.05) is 5.56 Å². The Hall–Kier alpha value is -2.00. The minimum atomic E-state index is -0.0706. The van der Waals surface area contributed by atoms with E-state index in [1.54, 1.807) is 13.2 Å². The van der Waals surface area contributed by atoms with Crippen LogP contribution in [0.25, 0.3) is 0 Å². The van der Waals surface area contributed by atoms with Crippen LogP contribution in [0.1, 0.15) is 36.5 Å². The van der Waals surface area contributed by atoms with Gasteiger partial charge in [0.25, 0.3) is 0 Å². The molecule has 0 heterocycles. The van der Waals surface area contributed by atoms with E-state index < -0.39 is 0 Å². The summed E-state index contributed by atoms with van der Waals surface area (Å²) in [6, 6.07) is 13.9. The Kier molecular flexibility index (Phi) is 5.23. The maximum atomic E-state index is 9.40. The highest BCUT2D eigenvalue weighted by atomic mass is 16.5. The normalized spacial score (nSPS) is 10.7. The largest absolute Gasteiger partial charge is 0.497 e. The second-order valence-electron chi connectivity index (χ2n) is 5.32. The van der Waals surface area contributed by atoms with Crippen molar-refractivity contribution in [3.8, 4) is 11.5 Å². The van der Waals surface area contributed by atoms with E-state index in [0.717, 1.165) is 11.1 Å². The van der Waals surface area contributed by atoms with E-state index >= 15 is 0 Å². The first-order chi connectivity index (χ1) is 10.1. The Morgan fingerprint density at radius 2 is 1.76 bits per heavy atom. The molecule has 21 heavy (non-hydrogen) atoms. The monoisotopic (exact) mass is 286 g/mol. The Balaban J connectivity index is 2.05. The first-order valence-electron chi connectivity index (χ1n) is 7.13. The van der Waals surface area contributed by atoms with Crippen LogP contribution >= 0.6 is 0 Å². The number of rotatable bonds is 6. The zero-order chi connectivity index (χ0) is 15.2. The fraction of sp³-hybridized carbons (Fsp3) is 0.333. The van der Waals surface area contributed by atoms with Crippen LogP contribution in [0.15, 0.2) is 42.5 Å². The molecule has 0 saturated carbocycles. The van der Waals surface area contributed by atoms with Crippen LogP contribution in [0.2, 0.25) is 0 Å². The Bertz CT molecular complexity index is 574. The summed E-state index contributed by atoms with van der Waals surface area (Å²) >= 11 is 0. The van der Waals surface area contributed by atoms with Crippen LogP contribution in [-0.2, 0) is 13.2 Å². The average molecular weight is 286 g/mol. The number of hydrogen-bond donors (Lipinski definition) is 1. The van der Waals surface area contributed by atoms with Gasteiger partial charge in [-0.05, 0) is 35.2 Å². The van der Waals surface area contributed by atoms with Gasteiger partial charge in [0.2, 0.25) is 0 Å². The summed E-state index contributed by atoms with van der Waals surface area (Å²) in [6.07, 6.45) is 0. The summed E-state index contributed by atoms with van der Waals surface area (Å²) in [5, 5.41) is 9.40. The van der Waals surface area contributed by atoms with Crippen LogP contribution in [-0.4, -0.2) is 12.2 Å². The summed E-state index contributed by atoms with van der Waals surface area (Å²) in [6.45, 7) is 4.77. The molecule has 1 N–H and O–H groups in total. The van der Waals surface area contributed by atoms with Crippen molar-refractivity contribution in [2.24, 2.45) is 0 Å². The molecule has 0 unspecified atom stereocenters. The summed E-state index contributed by atoms with van der Waals surface area (Å²) in [7, 11) is 1.60. The van der Waals surface area contributed by atoms with Crippen molar-refractivity contribution < 1.29 is 14.6 Å². The van der Waals surface area contributed by atoms with E-state index in [4.69, 9.17) is 9.47 Å². The van der Waals surface area contributed by atoms with Crippen LogP contribution in [0.5, 0.6) is 11.5 Å². The third-order valence-electron chi connectivity index (χ3n) is 3.48. The first kappa shape index (κ1) is 15.4. The van der Waals surface area contributed by atoms with Gasteiger partial charge in [0.15, 0.2) is 0 Å². The second kappa shape index (κ2) is 7.14. The molecule has 2 aromatic rings. The van der Waals surface area contributed by atoms with Gasteiger partial charge in [-0.25, -0.2) is 0 Å². The predicted molar refractivity (Wildman–Crippen MR) is 83.8 cm³/mol. The van der Waals surface area contributed by atoms with Crippen molar-refractivity contribution in [2.75, 3.05) is 7.11 Å². The van der Waals surface area contributed by atoms with Gasteiger partial charge < -0.3 is 14.6 Å². The van der Waals surface area contributed by atoms with E-state index in [0.29, 0.717) is 24.0 Å². The molecule has 0 aromatic heterocycles. The SMILES string of the molecule is COc1ccc(OCc2ccc(C(C)C)cc2)c(CO)c1. The molecule has 2 rings (SSSR count). The van der Waals surface area contributed by atoms with Crippen LogP contribution < -0.4 is 9.47 Å². The molecule has 0 radical (unpaired) electrons. The molecule has 0 bridgehead atoms. The molecule has 2 aromatic carbocycles. The Morgan fingerprint density at radius 1 is 1.05 bits per heavy atom. The van der Waals surface area contributed by atoms with Gasteiger partial charge in [-0.3, -0.25) is 0 Å². The highest BCUT2D eigenvalue weighted by molar-refractivity contribution is 5.40. The third-order valence-corrected chi connectivity index (χ3v) is 3.48. The van der Waals surface area contributed by atoms with Gasteiger partial charge in [-0.1, -0.05) is 38.1 Å². The van der Waals surface area contributed by atoms with Gasteiger partial charge in [-0.2, -0.15) is 0 Å². The van der Waals surface area contributed by atoms with Crippen molar-refractivity contribution in [1.82, 2.24) is 0 Å². The zero-order valence-electron chi connectivity index (χ0n) is 12.8. The molecule has 0 aliphatic heterocycles. The molecule has 0 saturated heterocycles. The number of hydrogen-bond acceptors (Lipinski definition) is 3. The van der Waals surface area contributed by atoms with E-state index in [-0.39, 0.29) is 6.61 Å². The second-order valence-corrected chi connectivity index (χ2v) is 5.32. The molecule has 0 aliphatic carbocycles. The molecule has 0 aliphatic rings. The number of aliphatic hydroxyl groups is 1. The number of aliphatic hydroxyl groups excluding tert-OH is 1. The third kappa shape index (κ3) is 3.99. The quantitative estimate of drug-likeness (QED) is 0.875. The van der Waals surface area contributed by atoms with E-state index in [2.05, 4.69) is 38.1 Å². The lowest BCUT2D eigenvalue weighted by Gasteiger charge is -2.12. The first-order valence-corrected chi connectivity index (χ1v) is 7.13. The molecule has 0 amide bonds. The smallest absolute Gasteiger partial charge is 0.125 e. The molecule has 0 atom stereocenters. The van der Waals surface area contributed by atoms with E-state index in [9.17, 15) is 5.11 Å². The van der Waals surface area contributed by atoms with Crippen molar-refractivity contribution >= 4 is 0 Å². The lowest BCUT2D eigenvalue weighted by atomic mass is 10.0. The molecule has 112 valence electrons. The van der Waals surface area contributed by atoms with Crippen LogP contribution in [0, 0.1) is 0 Å². The fourth-order valence-electron chi connectivity index (χ4n) is 2.11. The maximum Gasteiger partial charge on any atom is 0.125 e. The maximum absolute atomic E-state index is 9.40. The average Bonchev–Trinajstić information content (AvgIpc) is 2.53. The van der Waals surface area contributed by atoms with E-state index in [1.165, 1.54) is 5.56 Å². The topological polar surface area (TPSA) is 38.7 Å². The molecule has 0 spiro atoms. The molecule has 3 heteroatoms. The molecule has 0 fully saturated rings. The van der Waals surface area contributed by atoms with Crippen LogP contribution in [0.4, 0.5) is 0 Å². The fourth-order valence-corrected chi connectivity index (χ4v) is 2.11. The molecular weight excluding hydrogens is 264 g/mol. The van der Waals surface area contributed by atoms with Gasteiger partial charge in [-0.15, -0.1) is 0 Å². The minimum Gasteiger partial charge on any atom is -0.497 e. The highest BCUT2D eigenvalue weighted by Crippen LogP contribution is 2.25. The lowest BCUT2D eigenvalue weighted by molar-refractivity contribution is 0.258. The van der Waals surface area contributed by atoms with Gasteiger partial charge >= 0.3 is 0 Å². The summed E-state index contributed by atoms with van der Waals surface area (Å²) in [5.41, 5.74) is 3.16. The van der Waals surface area contributed by atoms with Gasteiger partial charge in [0.1, 0.15) is 18.1 Å². The summed E-state index contributed by atoms with van der Waals surface area (Å²) < 4.78 is 10.9. The minimum absolute atomic E-state index is 0.0706. The molecular formula is C18H22O3. The zero-order valence-corrected chi connectivity index (χ0v) is 12.8. The number of methoxy groups -OCH3 is 1. The highest BCUT2D eigenvalue weighted by Gasteiger charge is 2.06. The summed E-state index contributed by atoms with van der Waals surface area (Å²) in [4.78, 5) is 0. The number of benzene rings is 2. The number of ether oxygens (including phenoxy) is 2. The van der Waals surface area contributed by atoms with Crippen molar-refractivity contribution in [1.29, 1.82) is 0 Å². The van der Waals surface area contributed by atoms with Crippen LogP contribution in [0.3, 0.4) is 0 Å².